The summed E-state index contributed by atoms with van der Waals surface area (Å²) in [5, 5.41) is 4.08. The minimum Gasteiger partial charge on any atom is -0.497 e. The number of methoxy groups -OCH3 is 2. The van der Waals surface area contributed by atoms with Crippen molar-refractivity contribution in [1.82, 2.24) is 14.3 Å². The lowest BCUT2D eigenvalue weighted by Gasteiger charge is -2.20. The van der Waals surface area contributed by atoms with E-state index < -0.39 is 22.9 Å². The van der Waals surface area contributed by atoms with Gasteiger partial charge in [0.25, 0.3) is 11.5 Å². The molecule has 0 spiro atoms. The van der Waals surface area contributed by atoms with E-state index in [1.165, 1.54) is 33.2 Å². The molecule has 0 saturated heterocycles. The van der Waals surface area contributed by atoms with E-state index in [1.807, 2.05) is 19.1 Å². The highest BCUT2D eigenvalue weighted by molar-refractivity contribution is 6.05. The Morgan fingerprint density at radius 3 is 2.30 bits per heavy atom. The van der Waals surface area contributed by atoms with Crippen LogP contribution in [0.3, 0.4) is 0 Å². The van der Waals surface area contributed by atoms with Crippen LogP contribution >= 0.6 is 0 Å². The molecule has 0 aliphatic carbocycles. The lowest BCUT2D eigenvalue weighted by molar-refractivity contribution is 0.0983. The van der Waals surface area contributed by atoms with Crippen molar-refractivity contribution in [3.05, 3.63) is 74.6 Å². The molecule has 2 aromatic carbocycles. The summed E-state index contributed by atoms with van der Waals surface area (Å²) in [5.74, 6) is 0.257. The minimum absolute atomic E-state index is 0.383. The van der Waals surface area contributed by atoms with Crippen molar-refractivity contribution in [2.75, 3.05) is 26.2 Å². The zero-order valence-corrected chi connectivity index (χ0v) is 17.4. The molecule has 0 N–H and O–H groups in total. The smallest absolute Gasteiger partial charge is 0.351 e. The van der Waals surface area contributed by atoms with Crippen LogP contribution in [0.2, 0.25) is 0 Å². The highest BCUT2D eigenvalue weighted by Gasteiger charge is 2.24. The van der Waals surface area contributed by atoms with Crippen LogP contribution in [0.5, 0.6) is 11.5 Å². The number of aromatic nitrogens is 3. The Labute approximate surface area is 172 Å². The molecule has 0 radical (unpaired) electrons. The molecule has 0 saturated carbocycles. The number of carbonyl (C=O) groups excluding carboxylic acids is 1. The molecule has 0 aliphatic heterocycles. The van der Waals surface area contributed by atoms with Crippen LogP contribution in [0.15, 0.2) is 52.1 Å². The van der Waals surface area contributed by atoms with Crippen LogP contribution < -0.4 is 25.6 Å². The maximum atomic E-state index is 13.1. The molecule has 0 atom stereocenters. The van der Waals surface area contributed by atoms with Gasteiger partial charge in [0.1, 0.15) is 11.5 Å². The molecule has 0 bridgehead atoms. The fourth-order valence-electron chi connectivity index (χ4n) is 2.89. The van der Waals surface area contributed by atoms with Crippen LogP contribution in [-0.2, 0) is 7.05 Å². The lowest BCUT2D eigenvalue weighted by Crippen LogP contribution is -2.45. The number of nitrogens with zero attached hydrogens (tertiary/aromatic N) is 4. The molecule has 9 nitrogen and oxygen atoms in total. The van der Waals surface area contributed by atoms with E-state index in [0.29, 0.717) is 22.9 Å². The first-order valence-electron chi connectivity index (χ1n) is 9.06. The molecular formula is C21H22N4O5. The van der Waals surface area contributed by atoms with Crippen molar-refractivity contribution in [2.45, 2.75) is 6.92 Å². The highest BCUT2D eigenvalue weighted by Crippen LogP contribution is 2.31. The number of amides is 1. The van der Waals surface area contributed by atoms with Gasteiger partial charge >= 0.3 is 5.69 Å². The molecule has 0 fully saturated rings. The predicted molar refractivity (Wildman–Crippen MR) is 112 cm³/mol. The quantitative estimate of drug-likeness (QED) is 0.633. The number of benzene rings is 2. The summed E-state index contributed by atoms with van der Waals surface area (Å²) in [6.07, 6.45) is 0. The van der Waals surface area contributed by atoms with Crippen LogP contribution in [0.1, 0.15) is 16.1 Å². The Morgan fingerprint density at radius 2 is 1.70 bits per heavy atom. The number of carbonyl (C=O) groups is 1. The molecule has 1 heterocycles. The summed E-state index contributed by atoms with van der Waals surface area (Å²) >= 11 is 0. The monoisotopic (exact) mass is 410 g/mol. The molecule has 3 rings (SSSR count). The van der Waals surface area contributed by atoms with Crippen LogP contribution in [0.4, 0.5) is 5.69 Å². The number of anilines is 1. The zero-order chi connectivity index (χ0) is 22.0. The van der Waals surface area contributed by atoms with Crippen LogP contribution in [0, 0.1) is 6.92 Å². The van der Waals surface area contributed by atoms with Crippen LogP contribution in [-0.4, -0.2) is 41.5 Å². The Balaban J connectivity index is 2.11. The van der Waals surface area contributed by atoms with Gasteiger partial charge in [-0.2, -0.15) is 9.78 Å². The highest BCUT2D eigenvalue weighted by atomic mass is 16.5. The molecule has 1 amide bonds. The van der Waals surface area contributed by atoms with E-state index in [0.717, 1.165) is 14.8 Å². The second-order valence-corrected chi connectivity index (χ2v) is 6.64. The number of hydrogen-bond donors (Lipinski definition) is 0. The summed E-state index contributed by atoms with van der Waals surface area (Å²) in [7, 11) is 5.79. The van der Waals surface area contributed by atoms with Gasteiger partial charge in [0.2, 0.25) is 5.69 Å². The summed E-state index contributed by atoms with van der Waals surface area (Å²) < 4.78 is 12.4. The van der Waals surface area contributed by atoms with Gasteiger partial charge in [-0.05, 0) is 31.2 Å². The van der Waals surface area contributed by atoms with Crippen molar-refractivity contribution in [3.8, 4) is 17.2 Å². The van der Waals surface area contributed by atoms with Crippen molar-refractivity contribution >= 4 is 11.6 Å². The van der Waals surface area contributed by atoms with Gasteiger partial charge in [-0.15, -0.1) is 0 Å². The summed E-state index contributed by atoms with van der Waals surface area (Å²) in [6, 6.07) is 11.9. The summed E-state index contributed by atoms with van der Waals surface area (Å²) in [5.41, 5.74) is 0.0373. The maximum Gasteiger partial charge on any atom is 0.351 e. The van der Waals surface area contributed by atoms with E-state index in [9.17, 15) is 14.4 Å². The summed E-state index contributed by atoms with van der Waals surface area (Å²) in [6.45, 7) is 1.91. The third kappa shape index (κ3) is 3.69. The largest absolute Gasteiger partial charge is 0.497 e. The SMILES string of the molecule is COc1ccc(N(C)C(=O)c2nn(-c3ccc(C)cc3)c(=O)n(C)c2=O)c(OC)c1. The number of hydrogen-bond acceptors (Lipinski definition) is 6. The first kappa shape index (κ1) is 20.8. The van der Waals surface area contributed by atoms with Gasteiger partial charge < -0.3 is 14.4 Å². The molecular weight excluding hydrogens is 388 g/mol. The van der Waals surface area contributed by atoms with Gasteiger partial charge in [-0.3, -0.25) is 14.2 Å². The zero-order valence-electron chi connectivity index (χ0n) is 17.4. The Bertz CT molecular complexity index is 1210. The third-order valence-electron chi connectivity index (χ3n) is 4.71. The van der Waals surface area contributed by atoms with E-state index in [1.54, 1.807) is 30.3 Å². The van der Waals surface area contributed by atoms with E-state index in [4.69, 9.17) is 9.47 Å². The molecule has 0 unspecified atom stereocenters. The van der Waals surface area contributed by atoms with Crippen molar-refractivity contribution in [1.29, 1.82) is 0 Å². The van der Waals surface area contributed by atoms with Crippen molar-refractivity contribution in [2.24, 2.45) is 7.05 Å². The fourth-order valence-corrected chi connectivity index (χ4v) is 2.89. The molecule has 30 heavy (non-hydrogen) atoms. The molecule has 3 aromatic rings. The average molecular weight is 410 g/mol. The van der Waals surface area contributed by atoms with Gasteiger partial charge in [-0.1, -0.05) is 17.7 Å². The number of ether oxygens (including phenoxy) is 2. The van der Waals surface area contributed by atoms with Crippen LogP contribution in [0.25, 0.3) is 5.69 Å². The first-order valence-corrected chi connectivity index (χ1v) is 9.06. The topological polar surface area (TPSA) is 95.7 Å². The first-order chi connectivity index (χ1) is 14.3. The second kappa shape index (κ2) is 8.24. The third-order valence-corrected chi connectivity index (χ3v) is 4.71. The Hall–Kier alpha value is -3.88. The van der Waals surface area contributed by atoms with Gasteiger partial charge in [0.05, 0.1) is 25.6 Å². The van der Waals surface area contributed by atoms with E-state index >= 15 is 0 Å². The van der Waals surface area contributed by atoms with Gasteiger partial charge in [0.15, 0.2) is 0 Å². The average Bonchev–Trinajstić information content (AvgIpc) is 2.77. The summed E-state index contributed by atoms with van der Waals surface area (Å²) in [4.78, 5) is 39.6. The molecule has 1 aromatic heterocycles. The van der Waals surface area contributed by atoms with E-state index in [-0.39, 0.29) is 0 Å². The fraction of sp³-hybridized carbons (Fsp3) is 0.238. The number of aryl methyl sites for hydroxylation is 1. The predicted octanol–water partition coefficient (Wildman–Crippen LogP) is 1.53. The second-order valence-electron chi connectivity index (χ2n) is 6.64. The standard InChI is InChI=1S/C21H22N4O5/c1-13-6-8-14(9-7-13)25-21(28)24(3)20(27)18(22-25)19(26)23(2)16-11-10-15(29-4)12-17(16)30-5/h6-12H,1-5H3. The molecule has 9 heteroatoms. The molecule has 0 aliphatic rings. The van der Waals surface area contributed by atoms with Gasteiger partial charge in [0, 0.05) is 20.2 Å². The van der Waals surface area contributed by atoms with E-state index in [2.05, 4.69) is 5.10 Å². The van der Waals surface area contributed by atoms with Crippen molar-refractivity contribution < 1.29 is 14.3 Å². The van der Waals surface area contributed by atoms with Gasteiger partial charge in [-0.25, -0.2) is 4.79 Å². The normalized spacial score (nSPS) is 10.6. The minimum atomic E-state index is -0.785. The molecule has 156 valence electrons. The van der Waals surface area contributed by atoms with Crippen molar-refractivity contribution in [3.63, 3.8) is 0 Å². The lowest BCUT2D eigenvalue weighted by atomic mass is 10.2. The number of rotatable bonds is 5. The maximum absolute atomic E-state index is 13.1. The Kier molecular flexibility index (Phi) is 5.72. The Morgan fingerprint density at radius 1 is 1.03 bits per heavy atom.